The Labute approximate surface area is 122 Å². The fourth-order valence-electron chi connectivity index (χ4n) is 2.04. The van der Waals surface area contributed by atoms with Crippen molar-refractivity contribution in [1.82, 2.24) is 0 Å². The van der Waals surface area contributed by atoms with Gasteiger partial charge in [0.15, 0.2) is 0 Å². The summed E-state index contributed by atoms with van der Waals surface area (Å²) >= 11 is 5.31. The molecule has 0 saturated carbocycles. The second-order valence-electron chi connectivity index (χ2n) is 4.04. The summed E-state index contributed by atoms with van der Waals surface area (Å²) < 4.78 is 0. The third-order valence-corrected chi connectivity index (χ3v) is 6.08. The number of thiophene rings is 3. The van der Waals surface area contributed by atoms with Crippen LogP contribution in [0.4, 0.5) is 0 Å². The summed E-state index contributed by atoms with van der Waals surface area (Å²) in [5, 5.41) is 14.7. The number of hydrogen-bond donors (Lipinski definition) is 0. The quantitative estimate of drug-likeness (QED) is 0.638. The molecule has 0 saturated heterocycles. The third kappa shape index (κ3) is 2.29. The van der Waals surface area contributed by atoms with E-state index in [9.17, 15) is 0 Å². The molecule has 0 atom stereocenters. The van der Waals surface area contributed by atoms with E-state index in [0.29, 0.717) is 0 Å². The molecule has 3 heterocycles. The SMILES string of the molecule is [SiH3]C(=C(c1ccsc1)c1ccsc1)c1ccsc1. The summed E-state index contributed by atoms with van der Waals surface area (Å²) in [6.07, 6.45) is 0. The molecule has 3 rings (SSSR count). The molecule has 18 heavy (non-hydrogen) atoms. The lowest BCUT2D eigenvalue weighted by Crippen LogP contribution is -1.91. The van der Waals surface area contributed by atoms with Crippen molar-refractivity contribution in [2.75, 3.05) is 0 Å². The lowest BCUT2D eigenvalue weighted by molar-refractivity contribution is 1.68. The van der Waals surface area contributed by atoms with Crippen LogP contribution in [0.3, 0.4) is 0 Å². The van der Waals surface area contributed by atoms with Crippen LogP contribution < -0.4 is 0 Å². The highest BCUT2D eigenvalue weighted by atomic mass is 32.1. The van der Waals surface area contributed by atoms with E-state index in [2.05, 4.69) is 50.5 Å². The fourth-order valence-corrected chi connectivity index (χ4v) is 5.13. The first-order valence-electron chi connectivity index (χ1n) is 5.65. The highest BCUT2D eigenvalue weighted by Gasteiger charge is 2.11. The highest BCUT2D eigenvalue weighted by Crippen LogP contribution is 2.33. The van der Waals surface area contributed by atoms with Gasteiger partial charge in [0, 0.05) is 10.2 Å². The molecule has 0 spiro atoms. The van der Waals surface area contributed by atoms with Gasteiger partial charge in [0.1, 0.15) is 0 Å². The maximum absolute atomic E-state index is 2.25. The van der Waals surface area contributed by atoms with Crippen LogP contribution >= 0.6 is 34.0 Å². The molecule has 0 aliphatic carbocycles. The van der Waals surface area contributed by atoms with Crippen LogP contribution in [0.25, 0.3) is 10.8 Å². The summed E-state index contributed by atoms with van der Waals surface area (Å²) in [5.74, 6) is 0. The van der Waals surface area contributed by atoms with E-state index in [0.717, 1.165) is 10.2 Å². The first-order chi connectivity index (χ1) is 8.86. The van der Waals surface area contributed by atoms with Crippen LogP contribution in [0.2, 0.25) is 0 Å². The molecule has 0 radical (unpaired) electrons. The van der Waals surface area contributed by atoms with E-state index in [4.69, 9.17) is 0 Å². The summed E-state index contributed by atoms with van der Waals surface area (Å²) in [4.78, 5) is 0. The van der Waals surface area contributed by atoms with Gasteiger partial charge in [0.25, 0.3) is 0 Å². The molecule has 4 heteroatoms. The smallest absolute Gasteiger partial charge is 0.0401 e. The molecule has 90 valence electrons. The molecule has 0 N–H and O–H groups in total. The van der Waals surface area contributed by atoms with Crippen molar-refractivity contribution in [3.63, 3.8) is 0 Å². The Kier molecular flexibility index (Phi) is 3.61. The molecular formula is C14H12S3Si. The molecule has 0 bridgehead atoms. The number of hydrogen-bond acceptors (Lipinski definition) is 3. The van der Waals surface area contributed by atoms with E-state index in [1.165, 1.54) is 27.5 Å². The molecule has 0 fully saturated rings. The topological polar surface area (TPSA) is 0 Å². The van der Waals surface area contributed by atoms with Crippen LogP contribution in [-0.2, 0) is 0 Å². The van der Waals surface area contributed by atoms with Gasteiger partial charge < -0.3 is 0 Å². The van der Waals surface area contributed by atoms with Gasteiger partial charge in [-0.05, 0) is 72.7 Å². The molecule has 0 unspecified atom stereocenters. The van der Waals surface area contributed by atoms with Crippen molar-refractivity contribution < 1.29 is 0 Å². The minimum absolute atomic E-state index is 1.06. The van der Waals surface area contributed by atoms with Gasteiger partial charge in [-0.1, -0.05) is 5.20 Å². The van der Waals surface area contributed by atoms with Crippen molar-refractivity contribution >= 4 is 55.0 Å². The summed E-state index contributed by atoms with van der Waals surface area (Å²) in [6.45, 7) is 0. The zero-order valence-electron chi connectivity index (χ0n) is 9.92. The van der Waals surface area contributed by atoms with E-state index in [1.807, 2.05) is 0 Å². The molecule has 3 aromatic rings. The predicted octanol–water partition coefficient (Wildman–Crippen LogP) is 4.15. The van der Waals surface area contributed by atoms with Gasteiger partial charge in [0.05, 0.1) is 0 Å². The van der Waals surface area contributed by atoms with E-state index in [1.54, 1.807) is 34.0 Å². The lowest BCUT2D eigenvalue weighted by atomic mass is 10.0. The van der Waals surface area contributed by atoms with Crippen LogP contribution in [0, 0.1) is 0 Å². The maximum atomic E-state index is 2.25. The first-order valence-corrected chi connectivity index (χ1v) is 9.47. The van der Waals surface area contributed by atoms with Gasteiger partial charge in [-0.3, -0.25) is 0 Å². The standard InChI is InChI=1S/C14H12S3Si/c18-14(12-3-6-17-9-12)13(10-1-4-15-7-10)11-2-5-16-8-11/h1-9H,18H3. The maximum Gasteiger partial charge on any atom is 0.0401 e. The summed E-state index contributed by atoms with van der Waals surface area (Å²) in [7, 11) is 1.06. The monoisotopic (exact) mass is 304 g/mol. The second-order valence-corrected chi connectivity index (χ2v) is 7.38. The third-order valence-electron chi connectivity index (χ3n) is 2.95. The summed E-state index contributed by atoms with van der Waals surface area (Å²) in [6, 6.07) is 6.68. The Hall–Kier alpha value is -0.943. The molecule has 0 aliphatic heterocycles. The Morgan fingerprint density at radius 2 is 1.17 bits per heavy atom. The van der Waals surface area contributed by atoms with Gasteiger partial charge in [-0.15, -0.1) is 0 Å². The Bertz CT molecular complexity index is 595. The van der Waals surface area contributed by atoms with E-state index < -0.39 is 0 Å². The van der Waals surface area contributed by atoms with Crippen LogP contribution in [0.5, 0.6) is 0 Å². The highest BCUT2D eigenvalue weighted by molar-refractivity contribution is 7.08. The zero-order chi connectivity index (χ0) is 12.4. The minimum Gasteiger partial charge on any atom is -0.152 e. The van der Waals surface area contributed by atoms with Gasteiger partial charge in [-0.2, -0.15) is 34.0 Å². The van der Waals surface area contributed by atoms with Crippen molar-refractivity contribution in [3.8, 4) is 0 Å². The molecular weight excluding hydrogens is 292 g/mol. The average molecular weight is 305 g/mol. The normalized spacial score (nSPS) is 10.7. The largest absolute Gasteiger partial charge is 0.152 e. The molecule has 0 amide bonds. The first kappa shape index (κ1) is 12.1. The molecule has 0 aliphatic rings. The predicted molar refractivity (Wildman–Crippen MR) is 88.8 cm³/mol. The summed E-state index contributed by atoms with van der Waals surface area (Å²) in [5.41, 5.74) is 5.52. The van der Waals surface area contributed by atoms with Crippen molar-refractivity contribution in [1.29, 1.82) is 0 Å². The van der Waals surface area contributed by atoms with Crippen molar-refractivity contribution in [3.05, 3.63) is 67.2 Å². The van der Waals surface area contributed by atoms with Gasteiger partial charge in [0.2, 0.25) is 0 Å². The molecule has 0 nitrogen and oxygen atoms in total. The zero-order valence-corrected chi connectivity index (χ0v) is 14.4. The van der Waals surface area contributed by atoms with Gasteiger partial charge in [-0.25, -0.2) is 0 Å². The van der Waals surface area contributed by atoms with Gasteiger partial charge >= 0.3 is 0 Å². The van der Waals surface area contributed by atoms with E-state index >= 15 is 0 Å². The molecule has 0 aromatic carbocycles. The average Bonchev–Trinajstić information content (AvgIpc) is 3.14. The minimum atomic E-state index is 1.06. The van der Waals surface area contributed by atoms with Crippen LogP contribution in [0.15, 0.2) is 50.5 Å². The Morgan fingerprint density at radius 1 is 0.722 bits per heavy atom. The van der Waals surface area contributed by atoms with Crippen LogP contribution in [0.1, 0.15) is 16.7 Å². The lowest BCUT2D eigenvalue weighted by Gasteiger charge is -2.09. The number of rotatable bonds is 3. The molecule has 3 aromatic heterocycles. The second kappa shape index (κ2) is 5.36. The van der Waals surface area contributed by atoms with Crippen LogP contribution in [-0.4, -0.2) is 10.2 Å². The Balaban J connectivity index is 2.20. The van der Waals surface area contributed by atoms with E-state index in [-0.39, 0.29) is 0 Å². The fraction of sp³-hybridized carbons (Fsp3) is 0. The van der Waals surface area contributed by atoms with Crippen molar-refractivity contribution in [2.24, 2.45) is 0 Å². The Morgan fingerprint density at radius 3 is 1.56 bits per heavy atom. The van der Waals surface area contributed by atoms with Crippen molar-refractivity contribution in [2.45, 2.75) is 0 Å².